The molecule has 4 heterocycles. The Hall–Kier alpha value is -3.67. The van der Waals surface area contributed by atoms with Crippen LogP contribution < -0.4 is 5.69 Å². The highest BCUT2D eigenvalue weighted by molar-refractivity contribution is 5.60. The highest BCUT2D eigenvalue weighted by atomic mass is 16.5. The topological polar surface area (TPSA) is 126 Å². The van der Waals surface area contributed by atoms with Gasteiger partial charge in [-0.2, -0.15) is 15.3 Å². The Kier molecular flexibility index (Phi) is 2.43. The lowest BCUT2D eigenvalue weighted by molar-refractivity contribution is 0.431. The molecule has 1 N–H and O–H groups in total. The van der Waals surface area contributed by atoms with E-state index in [-0.39, 0.29) is 17.3 Å². The zero-order valence-electron chi connectivity index (χ0n) is 10.8. The Morgan fingerprint density at radius 1 is 1.32 bits per heavy atom. The fourth-order valence-corrected chi connectivity index (χ4v) is 2.00. The van der Waals surface area contributed by atoms with Crippen molar-refractivity contribution in [1.82, 2.24) is 24.7 Å². The summed E-state index contributed by atoms with van der Waals surface area (Å²) in [6.07, 6.45) is 2.92. The van der Waals surface area contributed by atoms with Crippen molar-refractivity contribution in [1.29, 1.82) is 5.26 Å². The van der Waals surface area contributed by atoms with Gasteiger partial charge in [0, 0.05) is 17.8 Å². The van der Waals surface area contributed by atoms with Gasteiger partial charge in [0.15, 0.2) is 5.65 Å². The SMILES string of the molecule is N#Cc1cc(-c2nc(-c3ccc4n[nH]c(=O)n4c3)no2)co1. The number of hydrogen-bond donors (Lipinski definition) is 1. The molecule has 0 bridgehead atoms. The summed E-state index contributed by atoms with van der Waals surface area (Å²) < 4.78 is 11.5. The molecule has 0 unspecified atom stereocenters. The second kappa shape index (κ2) is 4.42. The van der Waals surface area contributed by atoms with Crippen LogP contribution in [0.25, 0.3) is 28.5 Å². The third kappa shape index (κ3) is 1.79. The average molecular weight is 294 g/mol. The summed E-state index contributed by atoms with van der Waals surface area (Å²) in [4.78, 5) is 15.8. The molecule has 0 radical (unpaired) electrons. The summed E-state index contributed by atoms with van der Waals surface area (Å²) in [5.74, 6) is 0.686. The van der Waals surface area contributed by atoms with Crippen LogP contribution in [0.1, 0.15) is 5.76 Å². The quantitative estimate of drug-likeness (QED) is 0.588. The smallest absolute Gasteiger partial charge is 0.347 e. The summed E-state index contributed by atoms with van der Waals surface area (Å²) in [6.45, 7) is 0. The number of rotatable bonds is 2. The standard InChI is InChI=1S/C13H6N6O3/c14-4-9-3-8(6-21-9)12-15-11(18-22-12)7-1-2-10-16-17-13(20)19(10)5-7/h1-3,5-6H,(H,17,20). The summed E-state index contributed by atoms with van der Waals surface area (Å²) in [6, 6.07) is 6.76. The predicted octanol–water partition coefficient (Wildman–Crippen LogP) is 1.20. The van der Waals surface area contributed by atoms with Crippen molar-refractivity contribution < 1.29 is 8.94 Å². The Morgan fingerprint density at radius 2 is 2.23 bits per heavy atom. The third-order valence-corrected chi connectivity index (χ3v) is 3.05. The molecule has 0 spiro atoms. The van der Waals surface area contributed by atoms with Crippen molar-refractivity contribution in [3.8, 4) is 28.9 Å². The van der Waals surface area contributed by atoms with Crippen molar-refractivity contribution in [2.24, 2.45) is 0 Å². The van der Waals surface area contributed by atoms with E-state index in [9.17, 15) is 4.79 Å². The molecule has 9 nitrogen and oxygen atoms in total. The van der Waals surface area contributed by atoms with Gasteiger partial charge in [0.1, 0.15) is 12.3 Å². The molecule has 0 aliphatic rings. The van der Waals surface area contributed by atoms with Gasteiger partial charge in [-0.1, -0.05) is 5.16 Å². The number of aromatic amines is 1. The van der Waals surface area contributed by atoms with Gasteiger partial charge in [-0.05, 0) is 12.1 Å². The van der Waals surface area contributed by atoms with Crippen LogP contribution in [0, 0.1) is 11.3 Å². The summed E-state index contributed by atoms with van der Waals surface area (Å²) in [5.41, 5.74) is 1.24. The third-order valence-electron chi connectivity index (χ3n) is 3.05. The van der Waals surface area contributed by atoms with E-state index in [0.717, 1.165) is 0 Å². The number of aromatic nitrogens is 5. The number of nitriles is 1. The van der Waals surface area contributed by atoms with E-state index in [0.29, 0.717) is 22.6 Å². The van der Waals surface area contributed by atoms with Crippen LogP contribution in [-0.2, 0) is 0 Å². The molecule has 0 amide bonds. The second-order valence-electron chi connectivity index (χ2n) is 4.41. The molecular weight excluding hydrogens is 288 g/mol. The molecule has 4 aromatic rings. The number of H-pyrrole nitrogens is 1. The van der Waals surface area contributed by atoms with Crippen LogP contribution in [-0.4, -0.2) is 24.7 Å². The zero-order chi connectivity index (χ0) is 15.1. The van der Waals surface area contributed by atoms with E-state index in [2.05, 4.69) is 20.3 Å². The minimum absolute atomic E-state index is 0.154. The lowest BCUT2D eigenvalue weighted by atomic mass is 10.2. The van der Waals surface area contributed by atoms with E-state index in [1.165, 1.54) is 16.7 Å². The molecule has 0 aliphatic heterocycles. The first-order valence-corrected chi connectivity index (χ1v) is 6.14. The fraction of sp³-hybridized carbons (Fsp3) is 0. The summed E-state index contributed by atoms with van der Waals surface area (Å²) in [7, 11) is 0. The van der Waals surface area contributed by atoms with E-state index in [1.54, 1.807) is 18.3 Å². The van der Waals surface area contributed by atoms with Crippen molar-refractivity contribution in [3.05, 3.63) is 46.9 Å². The highest BCUT2D eigenvalue weighted by Crippen LogP contribution is 2.23. The van der Waals surface area contributed by atoms with Crippen molar-refractivity contribution in [2.45, 2.75) is 0 Å². The lowest BCUT2D eigenvalue weighted by Gasteiger charge is -1.94. The maximum atomic E-state index is 11.6. The molecule has 106 valence electrons. The number of fused-ring (bicyclic) bond motifs is 1. The monoisotopic (exact) mass is 294 g/mol. The van der Waals surface area contributed by atoms with Crippen LogP contribution in [0.4, 0.5) is 0 Å². The highest BCUT2D eigenvalue weighted by Gasteiger charge is 2.14. The van der Waals surface area contributed by atoms with E-state index >= 15 is 0 Å². The number of nitrogens with one attached hydrogen (secondary N) is 1. The molecule has 4 rings (SSSR count). The first-order chi connectivity index (χ1) is 10.7. The predicted molar refractivity (Wildman–Crippen MR) is 71.5 cm³/mol. The van der Waals surface area contributed by atoms with E-state index < -0.39 is 0 Å². The maximum absolute atomic E-state index is 11.6. The minimum atomic E-state index is -0.353. The van der Waals surface area contributed by atoms with Gasteiger partial charge in [-0.3, -0.25) is 0 Å². The van der Waals surface area contributed by atoms with Crippen LogP contribution in [0.15, 0.2) is 44.4 Å². The van der Waals surface area contributed by atoms with Crippen molar-refractivity contribution in [3.63, 3.8) is 0 Å². The Balaban J connectivity index is 1.77. The summed E-state index contributed by atoms with van der Waals surface area (Å²) >= 11 is 0. The number of furan rings is 1. The van der Waals surface area contributed by atoms with Crippen molar-refractivity contribution in [2.75, 3.05) is 0 Å². The van der Waals surface area contributed by atoms with Gasteiger partial charge in [0.25, 0.3) is 5.89 Å². The number of pyridine rings is 1. The molecule has 4 aromatic heterocycles. The van der Waals surface area contributed by atoms with E-state index in [4.69, 9.17) is 14.2 Å². The first kappa shape index (κ1) is 12.1. The molecule has 0 atom stereocenters. The molecule has 0 aliphatic carbocycles. The molecular formula is C13H6N6O3. The van der Waals surface area contributed by atoms with Crippen LogP contribution in [0.3, 0.4) is 0 Å². The van der Waals surface area contributed by atoms with Crippen LogP contribution in [0.2, 0.25) is 0 Å². The number of hydrogen-bond acceptors (Lipinski definition) is 7. The van der Waals surface area contributed by atoms with E-state index in [1.807, 2.05) is 6.07 Å². The molecule has 9 heteroatoms. The molecule has 0 saturated carbocycles. The van der Waals surface area contributed by atoms with Gasteiger partial charge in [-0.25, -0.2) is 14.3 Å². The average Bonchev–Trinajstić information content (AvgIpc) is 3.26. The van der Waals surface area contributed by atoms with Gasteiger partial charge >= 0.3 is 5.69 Å². The Labute approximate surface area is 121 Å². The normalized spacial score (nSPS) is 10.9. The largest absolute Gasteiger partial charge is 0.453 e. The molecule has 0 fully saturated rings. The Morgan fingerprint density at radius 3 is 3.05 bits per heavy atom. The molecule has 22 heavy (non-hydrogen) atoms. The number of nitrogens with zero attached hydrogens (tertiary/aromatic N) is 5. The van der Waals surface area contributed by atoms with Gasteiger partial charge < -0.3 is 8.94 Å². The first-order valence-electron chi connectivity index (χ1n) is 6.14. The minimum Gasteiger partial charge on any atom is -0.453 e. The molecule has 0 aromatic carbocycles. The maximum Gasteiger partial charge on any atom is 0.347 e. The van der Waals surface area contributed by atoms with Crippen LogP contribution in [0.5, 0.6) is 0 Å². The van der Waals surface area contributed by atoms with Gasteiger partial charge in [0.05, 0.1) is 5.56 Å². The lowest BCUT2D eigenvalue weighted by Crippen LogP contribution is -2.08. The second-order valence-corrected chi connectivity index (χ2v) is 4.41. The Bertz CT molecular complexity index is 1080. The fourth-order valence-electron chi connectivity index (χ4n) is 2.00. The summed E-state index contributed by atoms with van der Waals surface area (Å²) in [5, 5.41) is 18.8. The molecule has 0 saturated heterocycles. The van der Waals surface area contributed by atoms with Crippen molar-refractivity contribution >= 4 is 5.65 Å². The van der Waals surface area contributed by atoms with Crippen LogP contribution >= 0.6 is 0 Å². The zero-order valence-corrected chi connectivity index (χ0v) is 10.8. The van der Waals surface area contributed by atoms with Gasteiger partial charge in [-0.15, -0.1) is 0 Å². The van der Waals surface area contributed by atoms with Gasteiger partial charge in [0.2, 0.25) is 11.6 Å².